The Morgan fingerprint density at radius 1 is 1.37 bits per heavy atom. The highest BCUT2D eigenvalue weighted by atomic mass is 32.1. The van der Waals surface area contributed by atoms with Crippen LogP contribution >= 0.6 is 11.3 Å². The average Bonchev–Trinajstić information content (AvgIpc) is 2.91. The third-order valence-electron chi connectivity index (χ3n) is 2.55. The molecule has 5 heteroatoms. The van der Waals surface area contributed by atoms with Gasteiger partial charge in [0.15, 0.2) is 5.13 Å². The van der Waals surface area contributed by atoms with Crippen molar-refractivity contribution >= 4 is 22.4 Å². The smallest absolute Gasteiger partial charge is 0.226 e. The minimum Gasteiger partial charge on any atom is -0.494 e. The zero-order chi connectivity index (χ0) is 13.5. The van der Waals surface area contributed by atoms with Gasteiger partial charge in [-0.2, -0.15) is 0 Å². The lowest BCUT2D eigenvalue weighted by Crippen LogP contribution is -2.11. The summed E-state index contributed by atoms with van der Waals surface area (Å²) in [5.74, 6) is 0.849. The molecule has 0 radical (unpaired) electrons. The highest BCUT2D eigenvalue weighted by molar-refractivity contribution is 7.13. The minimum atomic E-state index is -0.0103. The molecular weight excluding hydrogens is 260 g/mol. The van der Waals surface area contributed by atoms with Crippen molar-refractivity contribution in [1.29, 1.82) is 0 Å². The van der Waals surface area contributed by atoms with Crippen LogP contribution in [0, 0.1) is 0 Å². The molecule has 0 spiro atoms. The molecule has 19 heavy (non-hydrogen) atoms. The van der Waals surface area contributed by atoms with Gasteiger partial charge in [0.1, 0.15) is 5.75 Å². The van der Waals surface area contributed by atoms with E-state index in [0.717, 1.165) is 11.3 Å². The number of nitrogens with zero attached hydrogens (tertiary/aromatic N) is 1. The van der Waals surface area contributed by atoms with Crippen molar-refractivity contribution in [2.45, 2.75) is 19.8 Å². The summed E-state index contributed by atoms with van der Waals surface area (Å²) in [5.41, 5.74) is 1.12. The van der Waals surface area contributed by atoms with Gasteiger partial charge in [-0.25, -0.2) is 4.98 Å². The van der Waals surface area contributed by atoms with Crippen molar-refractivity contribution in [2.24, 2.45) is 0 Å². The second kappa shape index (κ2) is 6.89. The molecule has 0 atom stereocenters. The maximum atomic E-state index is 11.7. The van der Waals surface area contributed by atoms with Crippen LogP contribution in [-0.4, -0.2) is 17.5 Å². The molecule has 0 saturated heterocycles. The number of aromatic nitrogens is 1. The Kier molecular flexibility index (Phi) is 4.92. The van der Waals surface area contributed by atoms with E-state index in [1.165, 1.54) is 11.3 Å². The van der Waals surface area contributed by atoms with Gasteiger partial charge >= 0.3 is 0 Å². The summed E-state index contributed by atoms with van der Waals surface area (Å²) >= 11 is 1.42. The summed E-state index contributed by atoms with van der Waals surface area (Å²) in [6.45, 7) is 2.62. The van der Waals surface area contributed by atoms with E-state index in [2.05, 4.69) is 10.3 Å². The molecule has 0 aliphatic rings. The van der Waals surface area contributed by atoms with Crippen LogP contribution in [0.4, 0.5) is 5.13 Å². The lowest BCUT2D eigenvalue weighted by atomic mass is 10.1. The number of nitrogens with one attached hydrogen (secondary N) is 1. The Labute approximate surface area is 116 Å². The van der Waals surface area contributed by atoms with Crippen LogP contribution in [0.3, 0.4) is 0 Å². The fourth-order valence-corrected chi connectivity index (χ4v) is 2.19. The number of thiazole rings is 1. The Bertz CT molecular complexity index is 509. The third-order valence-corrected chi connectivity index (χ3v) is 3.24. The van der Waals surface area contributed by atoms with Gasteiger partial charge in [0, 0.05) is 18.0 Å². The first-order valence-electron chi connectivity index (χ1n) is 6.19. The molecule has 1 amide bonds. The standard InChI is InChI=1S/C14H16N2O2S/c1-2-18-12-6-3-11(4-7-12)5-8-13(17)16-14-15-9-10-19-14/h3-4,6-7,9-10H,2,5,8H2,1H3,(H,15,16,17). The SMILES string of the molecule is CCOc1ccc(CCC(=O)Nc2nccs2)cc1. The van der Waals surface area contributed by atoms with Crippen molar-refractivity contribution in [3.8, 4) is 5.75 Å². The summed E-state index contributed by atoms with van der Waals surface area (Å²) in [4.78, 5) is 15.7. The molecular formula is C14H16N2O2S. The maximum absolute atomic E-state index is 11.7. The Balaban J connectivity index is 1.79. The lowest BCUT2D eigenvalue weighted by Gasteiger charge is -2.05. The fourth-order valence-electron chi connectivity index (χ4n) is 1.64. The van der Waals surface area contributed by atoms with E-state index >= 15 is 0 Å². The molecule has 4 nitrogen and oxygen atoms in total. The van der Waals surface area contributed by atoms with Gasteiger partial charge in [-0.3, -0.25) is 4.79 Å². The van der Waals surface area contributed by atoms with Crippen LogP contribution in [0.15, 0.2) is 35.8 Å². The van der Waals surface area contributed by atoms with Crippen LogP contribution in [0.25, 0.3) is 0 Å². The van der Waals surface area contributed by atoms with Crippen LogP contribution in [-0.2, 0) is 11.2 Å². The summed E-state index contributed by atoms with van der Waals surface area (Å²) in [6.07, 6.45) is 2.84. The molecule has 2 rings (SSSR count). The first-order valence-corrected chi connectivity index (χ1v) is 7.07. The van der Waals surface area contributed by atoms with Crippen LogP contribution < -0.4 is 10.1 Å². The largest absolute Gasteiger partial charge is 0.494 e. The van der Waals surface area contributed by atoms with Gasteiger partial charge < -0.3 is 10.1 Å². The summed E-state index contributed by atoms with van der Waals surface area (Å²) < 4.78 is 5.37. The Morgan fingerprint density at radius 2 is 2.16 bits per heavy atom. The first kappa shape index (κ1) is 13.5. The number of carbonyl (C=O) groups excluding carboxylic acids is 1. The number of hydrogen-bond acceptors (Lipinski definition) is 4. The number of anilines is 1. The van der Waals surface area contributed by atoms with Crippen LogP contribution in [0.1, 0.15) is 18.9 Å². The molecule has 0 fully saturated rings. The Morgan fingerprint density at radius 3 is 2.79 bits per heavy atom. The molecule has 100 valence electrons. The van der Waals surface area contributed by atoms with Gasteiger partial charge in [-0.15, -0.1) is 11.3 Å². The fraction of sp³-hybridized carbons (Fsp3) is 0.286. The molecule has 1 aromatic carbocycles. The highest BCUT2D eigenvalue weighted by Gasteiger charge is 2.04. The van der Waals surface area contributed by atoms with Crippen molar-refractivity contribution in [3.63, 3.8) is 0 Å². The molecule has 2 aromatic rings. The molecule has 0 saturated carbocycles. The second-order valence-electron chi connectivity index (χ2n) is 3.96. The number of ether oxygens (including phenoxy) is 1. The topological polar surface area (TPSA) is 51.2 Å². The average molecular weight is 276 g/mol. The predicted octanol–water partition coefficient (Wildman–Crippen LogP) is 3.11. The summed E-state index contributed by atoms with van der Waals surface area (Å²) in [7, 11) is 0. The van der Waals surface area contributed by atoms with Gasteiger partial charge in [0.05, 0.1) is 6.61 Å². The maximum Gasteiger partial charge on any atom is 0.226 e. The number of hydrogen-bond donors (Lipinski definition) is 1. The van der Waals surface area contributed by atoms with E-state index in [1.54, 1.807) is 6.20 Å². The molecule has 0 unspecified atom stereocenters. The summed E-state index contributed by atoms with van der Waals surface area (Å²) in [6, 6.07) is 7.83. The van der Waals surface area contributed by atoms with E-state index in [-0.39, 0.29) is 5.91 Å². The van der Waals surface area contributed by atoms with E-state index in [0.29, 0.717) is 24.6 Å². The zero-order valence-electron chi connectivity index (χ0n) is 10.8. The molecule has 0 bridgehead atoms. The number of carbonyl (C=O) groups is 1. The van der Waals surface area contributed by atoms with E-state index < -0.39 is 0 Å². The summed E-state index contributed by atoms with van der Waals surface area (Å²) in [5, 5.41) is 5.25. The second-order valence-corrected chi connectivity index (χ2v) is 4.86. The number of rotatable bonds is 6. The van der Waals surface area contributed by atoms with E-state index in [1.807, 2.05) is 36.6 Å². The minimum absolute atomic E-state index is 0.0103. The molecule has 0 aliphatic carbocycles. The van der Waals surface area contributed by atoms with E-state index in [9.17, 15) is 4.79 Å². The van der Waals surface area contributed by atoms with Crippen molar-refractivity contribution in [1.82, 2.24) is 4.98 Å². The van der Waals surface area contributed by atoms with Crippen LogP contribution in [0.5, 0.6) is 5.75 Å². The van der Waals surface area contributed by atoms with Gasteiger partial charge in [0.25, 0.3) is 0 Å². The third kappa shape index (κ3) is 4.37. The zero-order valence-corrected chi connectivity index (χ0v) is 11.6. The number of amides is 1. The quantitative estimate of drug-likeness (QED) is 0.882. The molecule has 0 aliphatic heterocycles. The van der Waals surface area contributed by atoms with Gasteiger partial charge in [-0.1, -0.05) is 12.1 Å². The molecule has 1 heterocycles. The van der Waals surface area contributed by atoms with Crippen molar-refractivity contribution < 1.29 is 9.53 Å². The Hall–Kier alpha value is -1.88. The number of aryl methyl sites for hydroxylation is 1. The van der Waals surface area contributed by atoms with Crippen molar-refractivity contribution in [2.75, 3.05) is 11.9 Å². The molecule has 1 aromatic heterocycles. The van der Waals surface area contributed by atoms with Gasteiger partial charge in [-0.05, 0) is 31.0 Å². The normalized spacial score (nSPS) is 10.2. The monoisotopic (exact) mass is 276 g/mol. The predicted molar refractivity (Wildman–Crippen MR) is 76.7 cm³/mol. The highest BCUT2D eigenvalue weighted by Crippen LogP contribution is 2.14. The van der Waals surface area contributed by atoms with E-state index in [4.69, 9.17) is 4.74 Å². The number of benzene rings is 1. The lowest BCUT2D eigenvalue weighted by molar-refractivity contribution is -0.116. The van der Waals surface area contributed by atoms with Crippen molar-refractivity contribution in [3.05, 3.63) is 41.4 Å². The first-order chi connectivity index (χ1) is 9.28. The van der Waals surface area contributed by atoms with Gasteiger partial charge in [0.2, 0.25) is 5.91 Å². The van der Waals surface area contributed by atoms with Crippen LogP contribution in [0.2, 0.25) is 0 Å². The molecule has 1 N–H and O–H groups in total.